The van der Waals surface area contributed by atoms with E-state index >= 15 is 0 Å². The van der Waals surface area contributed by atoms with Crippen LogP contribution in [0.3, 0.4) is 0 Å². The molecule has 8 heteroatoms. The molecule has 23 heavy (non-hydrogen) atoms. The van der Waals surface area contributed by atoms with Crippen molar-refractivity contribution in [1.29, 1.82) is 0 Å². The number of amides is 1. The molecule has 1 aromatic rings. The number of carbonyl (C=O) groups excluding carboxylic acids is 1. The van der Waals surface area contributed by atoms with Crippen LogP contribution in [0.1, 0.15) is 44.5 Å². The van der Waals surface area contributed by atoms with E-state index in [0.717, 1.165) is 6.07 Å². The van der Waals surface area contributed by atoms with Crippen LogP contribution in [-0.4, -0.2) is 29.8 Å². The van der Waals surface area contributed by atoms with E-state index in [1.807, 2.05) is 0 Å². The number of halogens is 3. The molecule has 1 unspecified atom stereocenters. The van der Waals surface area contributed by atoms with Crippen LogP contribution in [0.2, 0.25) is 0 Å². The molecule has 1 aliphatic heterocycles. The number of carbonyl (C=O) groups is 1. The van der Waals surface area contributed by atoms with Crippen molar-refractivity contribution in [1.82, 2.24) is 10.3 Å². The molecule has 128 valence electrons. The lowest BCUT2D eigenvalue weighted by Gasteiger charge is -2.26. The summed E-state index contributed by atoms with van der Waals surface area (Å²) in [6.07, 6.45) is -4.66. The minimum Gasteiger partial charge on any atom is -0.492 e. The lowest BCUT2D eigenvalue weighted by molar-refractivity contribution is -0.141. The number of alkyl halides is 3. The van der Waals surface area contributed by atoms with Crippen molar-refractivity contribution >= 4 is 6.09 Å². The summed E-state index contributed by atoms with van der Waals surface area (Å²) in [5, 5.41) is 2.57. The summed E-state index contributed by atoms with van der Waals surface area (Å²) in [6.45, 7) is 5.69. The molecule has 0 aromatic carbocycles. The van der Waals surface area contributed by atoms with Gasteiger partial charge in [-0.25, -0.2) is 9.78 Å². The number of pyridine rings is 1. The zero-order chi connectivity index (χ0) is 17.3. The van der Waals surface area contributed by atoms with Crippen LogP contribution in [0.15, 0.2) is 12.1 Å². The van der Waals surface area contributed by atoms with Gasteiger partial charge in [-0.2, -0.15) is 13.2 Å². The van der Waals surface area contributed by atoms with E-state index in [9.17, 15) is 18.0 Å². The third-order valence-corrected chi connectivity index (χ3v) is 3.18. The Hall–Kier alpha value is -1.99. The highest BCUT2D eigenvalue weighted by Crippen LogP contribution is 2.35. The summed E-state index contributed by atoms with van der Waals surface area (Å²) in [5.41, 5.74) is -1.40. The normalized spacial score (nSPS) is 17.9. The van der Waals surface area contributed by atoms with E-state index in [1.165, 1.54) is 6.07 Å². The van der Waals surface area contributed by atoms with Gasteiger partial charge >= 0.3 is 12.3 Å². The van der Waals surface area contributed by atoms with Crippen molar-refractivity contribution in [3.05, 3.63) is 23.5 Å². The molecular formula is C15H19F3N2O3. The molecule has 5 nitrogen and oxygen atoms in total. The third-order valence-electron chi connectivity index (χ3n) is 3.18. The van der Waals surface area contributed by atoms with Gasteiger partial charge in [0, 0.05) is 12.5 Å². The van der Waals surface area contributed by atoms with Crippen LogP contribution >= 0.6 is 0 Å². The second-order valence-corrected chi connectivity index (χ2v) is 6.29. The SMILES string of the molecule is CC(C)(C)OC(=O)NCC1CCOc2ccc(C(F)(F)F)nc21. The number of hydrogen-bond donors (Lipinski definition) is 1. The fourth-order valence-electron chi connectivity index (χ4n) is 2.20. The van der Waals surface area contributed by atoms with E-state index in [1.54, 1.807) is 20.8 Å². The summed E-state index contributed by atoms with van der Waals surface area (Å²) in [7, 11) is 0. The maximum atomic E-state index is 12.8. The fraction of sp³-hybridized carbons (Fsp3) is 0.600. The molecule has 0 fully saturated rings. The van der Waals surface area contributed by atoms with Crippen molar-refractivity contribution in [2.75, 3.05) is 13.2 Å². The van der Waals surface area contributed by atoms with Crippen molar-refractivity contribution in [2.24, 2.45) is 0 Å². The monoisotopic (exact) mass is 332 g/mol. The zero-order valence-electron chi connectivity index (χ0n) is 13.2. The predicted octanol–water partition coefficient (Wildman–Crippen LogP) is 3.49. The van der Waals surface area contributed by atoms with Crippen LogP contribution in [-0.2, 0) is 10.9 Å². The number of fused-ring (bicyclic) bond motifs is 1. The summed E-state index contributed by atoms with van der Waals surface area (Å²) < 4.78 is 48.8. The average molecular weight is 332 g/mol. The smallest absolute Gasteiger partial charge is 0.433 e. The molecular weight excluding hydrogens is 313 g/mol. The second kappa shape index (κ2) is 6.25. The molecule has 1 amide bonds. The highest BCUT2D eigenvalue weighted by Gasteiger charge is 2.35. The Balaban J connectivity index is 2.10. The number of hydrogen-bond acceptors (Lipinski definition) is 4. The number of nitrogens with zero attached hydrogens (tertiary/aromatic N) is 1. The predicted molar refractivity (Wildman–Crippen MR) is 76.3 cm³/mol. The number of rotatable bonds is 2. The number of ether oxygens (including phenoxy) is 2. The van der Waals surface area contributed by atoms with Crippen LogP contribution in [0.25, 0.3) is 0 Å². The highest BCUT2D eigenvalue weighted by molar-refractivity contribution is 5.67. The van der Waals surface area contributed by atoms with E-state index < -0.39 is 23.6 Å². The molecule has 0 radical (unpaired) electrons. The van der Waals surface area contributed by atoms with Gasteiger partial charge in [0.15, 0.2) is 0 Å². The van der Waals surface area contributed by atoms with Gasteiger partial charge < -0.3 is 14.8 Å². The lowest BCUT2D eigenvalue weighted by atomic mass is 9.97. The van der Waals surface area contributed by atoms with E-state index in [2.05, 4.69) is 10.3 Å². The molecule has 0 bridgehead atoms. The minimum absolute atomic E-state index is 0.138. The Bertz CT molecular complexity index is 582. The van der Waals surface area contributed by atoms with Crippen molar-refractivity contribution in [3.63, 3.8) is 0 Å². The van der Waals surface area contributed by atoms with Gasteiger partial charge in [0.25, 0.3) is 0 Å². The van der Waals surface area contributed by atoms with Crippen molar-refractivity contribution in [2.45, 2.75) is 44.9 Å². The molecule has 0 saturated heterocycles. The number of aromatic nitrogens is 1. The van der Waals surface area contributed by atoms with Gasteiger partial charge in [0.05, 0.1) is 12.3 Å². The Kier molecular flexibility index (Phi) is 4.72. The maximum Gasteiger partial charge on any atom is 0.433 e. The summed E-state index contributed by atoms with van der Waals surface area (Å²) in [4.78, 5) is 15.4. The molecule has 1 aromatic heterocycles. The van der Waals surface area contributed by atoms with Gasteiger partial charge in [-0.3, -0.25) is 0 Å². The zero-order valence-corrected chi connectivity index (χ0v) is 13.2. The first-order valence-corrected chi connectivity index (χ1v) is 7.24. The van der Waals surface area contributed by atoms with Gasteiger partial charge in [-0.15, -0.1) is 0 Å². The first kappa shape index (κ1) is 17.4. The molecule has 2 heterocycles. The van der Waals surface area contributed by atoms with Crippen LogP contribution < -0.4 is 10.1 Å². The molecule has 1 N–H and O–H groups in total. The van der Waals surface area contributed by atoms with Gasteiger partial charge in [-0.1, -0.05) is 0 Å². The fourth-order valence-corrected chi connectivity index (χ4v) is 2.20. The molecule has 2 rings (SSSR count). The number of nitrogens with one attached hydrogen (secondary N) is 1. The largest absolute Gasteiger partial charge is 0.492 e. The van der Waals surface area contributed by atoms with Crippen LogP contribution in [0, 0.1) is 0 Å². The molecule has 0 aliphatic carbocycles. The van der Waals surface area contributed by atoms with Crippen molar-refractivity contribution < 1.29 is 27.4 Å². The second-order valence-electron chi connectivity index (χ2n) is 6.29. The van der Waals surface area contributed by atoms with Crippen LogP contribution in [0.4, 0.5) is 18.0 Å². The first-order valence-electron chi connectivity index (χ1n) is 7.24. The Morgan fingerprint density at radius 1 is 1.39 bits per heavy atom. The third kappa shape index (κ3) is 4.74. The topological polar surface area (TPSA) is 60.5 Å². The van der Waals surface area contributed by atoms with Crippen molar-refractivity contribution in [3.8, 4) is 5.75 Å². The highest BCUT2D eigenvalue weighted by atomic mass is 19.4. The standard InChI is InChI=1S/C15H19F3N2O3/c1-14(2,3)23-13(21)19-8-9-6-7-22-10-4-5-11(15(16,17)18)20-12(9)10/h4-5,9H,6-8H2,1-3H3,(H,19,21). The summed E-state index contributed by atoms with van der Waals surface area (Å²) >= 11 is 0. The minimum atomic E-state index is -4.52. The average Bonchev–Trinajstić information content (AvgIpc) is 2.41. The molecule has 1 aliphatic rings. The Labute approximate surface area is 132 Å². The molecule has 0 spiro atoms. The lowest BCUT2D eigenvalue weighted by Crippen LogP contribution is -2.36. The Morgan fingerprint density at radius 3 is 2.70 bits per heavy atom. The van der Waals surface area contributed by atoms with Gasteiger partial charge in [-0.05, 0) is 39.3 Å². The summed E-state index contributed by atoms with van der Waals surface area (Å²) in [6, 6.07) is 2.16. The van der Waals surface area contributed by atoms with E-state index in [-0.39, 0.29) is 18.2 Å². The van der Waals surface area contributed by atoms with Crippen LogP contribution in [0.5, 0.6) is 5.75 Å². The first-order chi connectivity index (χ1) is 10.6. The summed E-state index contributed by atoms with van der Waals surface area (Å²) in [5.74, 6) is -0.0335. The quantitative estimate of drug-likeness (QED) is 0.900. The molecule has 1 atom stereocenters. The van der Waals surface area contributed by atoms with E-state index in [4.69, 9.17) is 9.47 Å². The van der Waals surface area contributed by atoms with Gasteiger partial charge in [0.2, 0.25) is 0 Å². The maximum absolute atomic E-state index is 12.8. The Morgan fingerprint density at radius 2 is 2.09 bits per heavy atom. The number of alkyl carbamates (subject to hydrolysis) is 1. The molecule has 0 saturated carbocycles. The van der Waals surface area contributed by atoms with Gasteiger partial charge in [0.1, 0.15) is 17.0 Å². The van der Waals surface area contributed by atoms with E-state index in [0.29, 0.717) is 18.8 Å².